The fraction of sp³-hybridized carbons (Fsp3) is 0.233. The van der Waals surface area contributed by atoms with Crippen LogP contribution in [0.3, 0.4) is 0 Å². The highest BCUT2D eigenvalue weighted by Gasteiger charge is 2.19. The second-order valence-electron chi connectivity index (χ2n) is 9.04. The Hall–Kier alpha value is -4.07. The van der Waals surface area contributed by atoms with Crippen molar-refractivity contribution in [3.63, 3.8) is 0 Å². The molecule has 1 aromatic carbocycles. The van der Waals surface area contributed by atoms with E-state index in [0.717, 1.165) is 65.6 Å². The molecule has 0 fully saturated rings. The van der Waals surface area contributed by atoms with Gasteiger partial charge in [0.05, 0.1) is 11.3 Å². The average molecular weight is 492 g/mol. The number of pyridine rings is 2. The third-order valence-corrected chi connectivity index (χ3v) is 6.48. The van der Waals surface area contributed by atoms with Crippen LogP contribution in [-0.2, 0) is 6.54 Å². The van der Waals surface area contributed by atoms with Gasteiger partial charge >= 0.3 is 0 Å². The zero-order valence-corrected chi connectivity index (χ0v) is 21.4. The van der Waals surface area contributed by atoms with Crippen molar-refractivity contribution in [1.82, 2.24) is 30.2 Å². The predicted molar refractivity (Wildman–Crippen MR) is 152 cm³/mol. The number of anilines is 1. The minimum atomic E-state index is 0.344. The highest BCUT2D eigenvalue weighted by Crippen LogP contribution is 2.31. The van der Waals surface area contributed by atoms with Crippen LogP contribution >= 0.6 is 0 Å². The van der Waals surface area contributed by atoms with Gasteiger partial charge in [0.15, 0.2) is 11.5 Å². The van der Waals surface area contributed by atoms with Gasteiger partial charge in [-0.25, -0.2) is 15.0 Å². The molecule has 7 nitrogen and oxygen atoms in total. The molecule has 0 radical (unpaired) electrons. The van der Waals surface area contributed by atoms with Gasteiger partial charge in [0.2, 0.25) is 0 Å². The molecule has 37 heavy (non-hydrogen) atoms. The molecule has 5 rings (SSSR count). The van der Waals surface area contributed by atoms with Crippen LogP contribution in [0.2, 0.25) is 0 Å². The largest absolute Gasteiger partial charge is 0.383 e. The Balaban J connectivity index is 1.57. The summed E-state index contributed by atoms with van der Waals surface area (Å²) >= 11 is 0. The molecule has 0 aliphatic carbocycles. The van der Waals surface area contributed by atoms with Crippen LogP contribution < -0.4 is 16.4 Å². The molecule has 0 saturated carbocycles. The molecule has 7 heteroatoms. The third kappa shape index (κ3) is 5.38. The summed E-state index contributed by atoms with van der Waals surface area (Å²) in [7, 11) is 0. The quantitative estimate of drug-likeness (QED) is 0.236. The molecule has 1 aliphatic rings. The Kier molecular flexibility index (Phi) is 7.54. The molecule has 0 spiro atoms. The molecule has 4 N–H and O–H groups in total. The number of nitrogen functional groups attached to an aromatic ring is 1. The number of hydrogen-bond donors (Lipinski definition) is 3. The number of nitrogens with one attached hydrogen (secondary N) is 2. The van der Waals surface area contributed by atoms with Gasteiger partial charge in [-0.05, 0) is 60.9 Å². The summed E-state index contributed by atoms with van der Waals surface area (Å²) in [4.78, 5) is 14.3. The van der Waals surface area contributed by atoms with Gasteiger partial charge in [-0.15, -0.1) is 0 Å². The summed E-state index contributed by atoms with van der Waals surface area (Å²) in [5, 5.41) is 6.97. The maximum atomic E-state index is 6.29. The Morgan fingerprint density at radius 2 is 2.03 bits per heavy atom. The highest BCUT2D eigenvalue weighted by molar-refractivity contribution is 5.85. The predicted octanol–water partition coefficient (Wildman–Crippen LogP) is 5.05. The van der Waals surface area contributed by atoms with Crippen molar-refractivity contribution in [3.05, 3.63) is 96.4 Å². The fourth-order valence-electron chi connectivity index (χ4n) is 4.50. The SMILES string of the molecule is C/C=C(\C=C/CC)c1ccc2nc(-c3cccnc3N)n(-c3ccc(CNC4C=CCNC4)cc3)c2n1. The van der Waals surface area contributed by atoms with E-state index in [1.54, 1.807) is 6.20 Å². The first-order valence-corrected chi connectivity index (χ1v) is 12.8. The number of rotatable bonds is 8. The van der Waals surface area contributed by atoms with E-state index in [1.807, 2.05) is 31.2 Å². The number of allylic oxidation sites excluding steroid dienone is 4. The van der Waals surface area contributed by atoms with Crippen molar-refractivity contribution < 1.29 is 0 Å². The van der Waals surface area contributed by atoms with E-state index < -0.39 is 0 Å². The summed E-state index contributed by atoms with van der Waals surface area (Å²) in [6.45, 7) is 6.84. The van der Waals surface area contributed by atoms with Crippen LogP contribution in [0, 0.1) is 0 Å². The first kappa shape index (κ1) is 24.6. The number of nitrogens with two attached hydrogens (primary N) is 1. The highest BCUT2D eigenvalue weighted by atomic mass is 15.1. The van der Waals surface area contributed by atoms with Crippen LogP contribution in [0.4, 0.5) is 5.82 Å². The first-order chi connectivity index (χ1) is 18.2. The van der Waals surface area contributed by atoms with Crippen molar-refractivity contribution in [3.8, 4) is 17.1 Å². The Bertz CT molecular complexity index is 1460. The molecule has 1 atom stereocenters. The van der Waals surface area contributed by atoms with Crippen LogP contribution in [-0.4, -0.2) is 38.7 Å². The van der Waals surface area contributed by atoms with E-state index in [2.05, 4.69) is 81.8 Å². The number of aromatic nitrogens is 4. The van der Waals surface area contributed by atoms with Gasteiger partial charge in [-0.1, -0.05) is 49.4 Å². The minimum Gasteiger partial charge on any atom is -0.383 e. The molecular weight excluding hydrogens is 458 g/mol. The van der Waals surface area contributed by atoms with Gasteiger partial charge in [0, 0.05) is 37.6 Å². The summed E-state index contributed by atoms with van der Waals surface area (Å²) in [6, 6.07) is 16.8. The van der Waals surface area contributed by atoms with Gasteiger partial charge in [0.1, 0.15) is 11.3 Å². The van der Waals surface area contributed by atoms with Crippen LogP contribution in [0.15, 0.2) is 85.1 Å². The van der Waals surface area contributed by atoms with Crippen LogP contribution in [0.25, 0.3) is 33.8 Å². The molecule has 0 amide bonds. The average Bonchev–Trinajstić information content (AvgIpc) is 3.32. The van der Waals surface area contributed by atoms with E-state index in [4.69, 9.17) is 15.7 Å². The number of benzene rings is 1. The summed E-state index contributed by atoms with van der Waals surface area (Å²) in [6.07, 6.45) is 13.4. The number of nitrogens with zero attached hydrogens (tertiary/aromatic N) is 4. The fourth-order valence-corrected chi connectivity index (χ4v) is 4.50. The van der Waals surface area contributed by atoms with E-state index in [-0.39, 0.29) is 0 Å². The Labute approximate surface area is 217 Å². The van der Waals surface area contributed by atoms with Crippen molar-refractivity contribution in [1.29, 1.82) is 0 Å². The molecule has 188 valence electrons. The van der Waals surface area contributed by atoms with E-state index in [9.17, 15) is 0 Å². The Morgan fingerprint density at radius 1 is 1.16 bits per heavy atom. The number of hydrogen-bond acceptors (Lipinski definition) is 6. The second kappa shape index (κ2) is 11.3. The maximum Gasteiger partial charge on any atom is 0.165 e. The monoisotopic (exact) mass is 491 g/mol. The molecule has 1 unspecified atom stereocenters. The smallest absolute Gasteiger partial charge is 0.165 e. The topological polar surface area (TPSA) is 93.7 Å². The third-order valence-electron chi connectivity index (χ3n) is 6.48. The van der Waals surface area contributed by atoms with Crippen LogP contribution in [0.1, 0.15) is 31.5 Å². The van der Waals surface area contributed by atoms with Gasteiger partial charge in [0.25, 0.3) is 0 Å². The zero-order chi connectivity index (χ0) is 25.6. The zero-order valence-electron chi connectivity index (χ0n) is 21.4. The van der Waals surface area contributed by atoms with E-state index >= 15 is 0 Å². The van der Waals surface area contributed by atoms with Crippen molar-refractivity contribution >= 4 is 22.6 Å². The van der Waals surface area contributed by atoms with E-state index in [1.165, 1.54) is 5.56 Å². The lowest BCUT2D eigenvalue weighted by molar-refractivity contribution is 0.535. The van der Waals surface area contributed by atoms with Gasteiger partial charge < -0.3 is 16.4 Å². The summed E-state index contributed by atoms with van der Waals surface area (Å²) in [5.74, 6) is 1.16. The van der Waals surface area contributed by atoms with Gasteiger partial charge in [-0.2, -0.15) is 0 Å². The lowest BCUT2D eigenvalue weighted by Crippen LogP contribution is -2.39. The standard InChI is InChI=1S/C30H33N7/c1-3-5-8-22(4-2)26-15-16-27-30(35-26)37(29(36-27)25-10-7-18-33-28(25)31)24-13-11-21(12-14-24)19-34-23-9-6-17-32-20-23/h4-16,18,23,32,34H,3,17,19-20H2,1-2H3,(H2,31,33)/b8-5-,22-4+. The molecular formula is C30H33N7. The summed E-state index contributed by atoms with van der Waals surface area (Å²) in [5.41, 5.74) is 12.8. The van der Waals surface area contributed by atoms with Gasteiger partial charge in [-0.3, -0.25) is 4.57 Å². The lowest BCUT2D eigenvalue weighted by Gasteiger charge is -2.19. The van der Waals surface area contributed by atoms with E-state index in [0.29, 0.717) is 11.9 Å². The normalized spacial score (nSPS) is 16.2. The molecule has 0 saturated heterocycles. The summed E-state index contributed by atoms with van der Waals surface area (Å²) < 4.78 is 2.08. The first-order valence-electron chi connectivity index (χ1n) is 12.8. The minimum absolute atomic E-state index is 0.344. The number of fused-ring (bicyclic) bond motifs is 1. The van der Waals surface area contributed by atoms with Crippen molar-refractivity contribution in [2.24, 2.45) is 0 Å². The molecule has 0 bridgehead atoms. The molecule has 1 aliphatic heterocycles. The second-order valence-corrected chi connectivity index (χ2v) is 9.04. The van der Waals surface area contributed by atoms with Crippen LogP contribution in [0.5, 0.6) is 0 Å². The van der Waals surface area contributed by atoms with Crippen molar-refractivity contribution in [2.45, 2.75) is 32.9 Å². The lowest BCUT2D eigenvalue weighted by atomic mass is 10.1. The maximum absolute atomic E-state index is 6.29. The molecule has 4 heterocycles. The van der Waals surface area contributed by atoms with Crippen molar-refractivity contribution in [2.75, 3.05) is 18.8 Å². The molecule has 3 aromatic heterocycles. The number of imidazole rings is 1. The Morgan fingerprint density at radius 3 is 2.76 bits per heavy atom. The molecule has 4 aromatic rings.